The van der Waals surface area contributed by atoms with E-state index in [2.05, 4.69) is 28.8 Å². The molecule has 0 bridgehead atoms. The first kappa shape index (κ1) is 90.3. The summed E-state index contributed by atoms with van der Waals surface area (Å²) in [5, 5.41) is 71.6. The zero-order valence-corrected chi connectivity index (χ0v) is 64.1. The highest BCUT2D eigenvalue weighted by atomic mass is 16.5. The molecule has 0 aromatic heterocycles. The average molecular weight is 1570 g/mol. The Morgan fingerprint density at radius 1 is 0.379 bits per heavy atom. The number of nitrogens with zero attached hydrogens (tertiary/aromatic N) is 1. The number of hydrogen-bond acceptors (Lipinski definition) is 16. The Kier molecular flexibility index (Phi) is 36.5. The van der Waals surface area contributed by atoms with Crippen LogP contribution in [-0.2, 0) is 52.9 Å². The first-order valence-electron chi connectivity index (χ1n) is 36.4. The maximum absolute atomic E-state index is 12.4. The van der Waals surface area contributed by atoms with Crippen LogP contribution in [0.25, 0.3) is 0 Å². The van der Waals surface area contributed by atoms with Crippen molar-refractivity contribution in [1.82, 2.24) is 0 Å². The van der Waals surface area contributed by atoms with E-state index in [9.17, 15) is 67.7 Å². The van der Waals surface area contributed by atoms with E-state index in [4.69, 9.17) is 41.6 Å². The van der Waals surface area contributed by atoms with Crippen molar-refractivity contribution in [2.75, 3.05) is 42.9 Å². The number of hydrogen-bond donors (Lipinski definition) is 9. The van der Waals surface area contributed by atoms with Crippen LogP contribution in [-0.4, -0.2) is 128 Å². The first-order valence-corrected chi connectivity index (χ1v) is 36.4. The molecule has 0 atom stereocenters. The van der Waals surface area contributed by atoms with Gasteiger partial charge in [0.25, 0.3) is 17.7 Å². The quantitative estimate of drug-likeness (QED) is 0.0107. The molecule has 116 heavy (non-hydrogen) atoms. The number of unbranched alkanes of at least 4 members (excludes halogenated alkanes) is 1. The molecule has 0 fully saturated rings. The Balaban J connectivity index is 0.000000225. The smallest absolute Gasteiger partial charge is 0.336 e. The van der Waals surface area contributed by atoms with Crippen molar-refractivity contribution in [2.24, 2.45) is 0 Å². The standard InChI is InChI=1S/C19H18N2O3.C19H17NO4.C18H17NO4.C18H18O5.C18H16O4/c1-2-3-4-13-5-8-15(9-6-13)21-18(22)16-10-7-14(12-20)11-17(16)19(23)24;1-2-13-7-10-16(19(23)24)17(12-13)18(22)20-15-8-5-14(6-9-15)4-3-11-21;1-12(20)9-10-13-5-4-6-14(11-13)19-17(21)15-7-2-3-8-16(15)18(22)23;1-22-10-11-23-14-8-6-13(7-9-14)12-17(19)15-4-2-3-5-16(15)18(20)21;1-12(19)9-13-5-4-6-14(10-13)11-17(20)15-7-2-3-8-16(15)18(21)22/h5-11H,2-4H2,1H3,(H,21,22)(H,23,24);1,5-10,12,21H,3-4,11H2,(H,20,22)(H,23,24);2-8,11H,9-10H2,1H3,(H,19,21)(H,22,23);2-9H,10-12H2,1H3,(H,20,21);2-8,10H,9,11H2,1H3,(H,21,22). The summed E-state index contributed by atoms with van der Waals surface area (Å²) >= 11 is 0. The largest absolute Gasteiger partial charge is 0.491 e. The molecule has 0 spiro atoms. The molecule has 3 amide bonds. The zero-order chi connectivity index (χ0) is 84.6. The highest BCUT2D eigenvalue weighted by molar-refractivity contribution is 6.13. The molecule has 24 nitrogen and oxygen atoms in total. The number of nitriles is 1. The van der Waals surface area contributed by atoms with Crippen LogP contribution in [0.15, 0.2) is 231 Å². The summed E-state index contributed by atoms with van der Waals surface area (Å²) in [5.41, 5.74) is 8.20. The number of carboxylic acid groups (broad SMARTS) is 5. The number of carboxylic acids is 5. The van der Waals surface area contributed by atoms with Crippen molar-refractivity contribution in [3.05, 3.63) is 331 Å². The van der Waals surface area contributed by atoms with E-state index in [0.29, 0.717) is 67.3 Å². The Labute approximate surface area is 670 Å². The lowest BCUT2D eigenvalue weighted by atomic mass is 9.97. The van der Waals surface area contributed by atoms with Gasteiger partial charge in [0.05, 0.1) is 62.7 Å². The van der Waals surface area contributed by atoms with Crippen LogP contribution in [0.2, 0.25) is 0 Å². The van der Waals surface area contributed by atoms with Gasteiger partial charge in [-0.3, -0.25) is 28.8 Å². The Hall–Kier alpha value is -14.6. The fourth-order valence-electron chi connectivity index (χ4n) is 11.2. The Morgan fingerprint density at radius 2 is 0.793 bits per heavy atom. The van der Waals surface area contributed by atoms with Crippen LogP contribution in [0.1, 0.15) is 195 Å². The van der Waals surface area contributed by atoms with Gasteiger partial charge in [0.1, 0.15) is 23.9 Å². The van der Waals surface area contributed by atoms with Gasteiger partial charge < -0.3 is 60.9 Å². The van der Waals surface area contributed by atoms with E-state index >= 15 is 0 Å². The zero-order valence-electron chi connectivity index (χ0n) is 64.1. The highest BCUT2D eigenvalue weighted by Crippen LogP contribution is 2.23. The molecular formula is C92H86N4O20. The van der Waals surface area contributed by atoms with E-state index in [1.54, 1.807) is 122 Å². The van der Waals surface area contributed by atoms with Gasteiger partial charge in [-0.25, -0.2) is 24.0 Å². The summed E-state index contributed by atoms with van der Waals surface area (Å²) in [4.78, 5) is 140. The predicted octanol–water partition coefficient (Wildman–Crippen LogP) is 15.3. The molecule has 9 N–H and O–H groups in total. The molecule has 0 saturated heterocycles. The monoisotopic (exact) mass is 1570 g/mol. The maximum atomic E-state index is 12.4. The van der Waals surface area contributed by atoms with Crippen LogP contribution in [0.4, 0.5) is 17.1 Å². The van der Waals surface area contributed by atoms with Gasteiger partial charge >= 0.3 is 29.8 Å². The van der Waals surface area contributed by atoms with Crippen LogP contribution >= 0.6 is 0 Å². The number of aryl methyl sites for hydroxylation is 3. The normalized spacial score (nSPS) is 10.1. The van der Waals surface area contributed by atoms with E-state index in [0.717, 1.165) is 53.5 Å². The van der Waals surface area contributed by atoms with E-state index in [1.165, 1.54) is 92.2 Å². The number of ketones is 4. The number of aliphatic hydroxyl groups excluding tert-OH is 1. The fraction of sp³-hybridized carbons (Fsp3) is 0.185. The van der Waals surface area contributed by atoms with Crippen molar-refractivity contribution in [3.8, 4) is 24.2 Å². The molecule has 0 heterocycles. The summed E-state index contributed by atoms with van der Waals surface area (Å²) in [7, 11) is 1.60. The number of terminal acetylenes is 1. The number of aliphatic hydroxyl groups is 1. The molecule has 0 unspecified atom stereocenters. The predicted molar refractivity (Wildman–Crippen MR) is 437 cm³/mol. The molecule has 10 rings (SSSR count). The van der Waals surface area contributed by atoms with E-state index in [-0.39, 0.29) is 104 Å². The molecule has 0 aliphatic heterocycles. The minimum absolute atomic E-state index is 0.00684. The highest BCUT2D eigenvalue weighted by Gasteiger charge is 2.22. The molecule has 10 aromatic carbocycles. The summed E-state index contributed by atoms with van der Waals surface area (Å²) in [5.74, 6) is -4.56. The molecule has 0 saturated carbocycles. The van der Waals surface area contributed by atoms with Gasteiger partial charge in [-0.05, 0) is 189 Å². The minimum Gasteiger partial charge on any atom is -0.491 e. The number of rotatable bonds is 32. The number of amides is 3. The number of ether oxygens (including phenoxy) is 2. The maximum Gasteiger partial charge on any atom is 0.336 e. The molecule has 24 heteroatoms. The molecule has 0 aliphatic rings. The van der Waals surface area contributed by atoms with Crippen LogP contribution in [0.3, 0.4) is 0 Å². The van der Waals surface area contributed by atoms with Gasteiger partial charge in [0.2, 0.25) is 0 Å². The first-order chi connectivity index (χ1) is 55.6. The van der Waals surface area contributed by atoms with Crippen LogP contribution in [0.5, 0.6) is 5.75 Å². The number of aromatic carboxylic acids is 5. The summed E-state index contributed by atoms with van der Waals surface area (Å²) < 4.78 is 10.4. The number of benzene rings is 10. The number of methoxy groups -OCH3 is 1. The third-order valence-corrected chi connectivity index (χ3v) is 17.1. The van der Waals surface area contributed by atoms with Crippen molar-refractivity contribution in [3.63, 3.8) is 0 Å². The van der Waals surface area contributed by atoms with Gasteiger partial charge in [0, 0.05) is 73.2 Å². The fourth-order valence-corrected chi connectivity index (χ4v) is 11.2. The van der Waals surface area contributed by atoms with Crippen molar-refractivity contribution >= 4 is 87.8 Å². The number of Topliss-reactive ketones (excluding diaryl/α,β-unsaturated/α-hetero) is 4. The number of nitrogens with one attached hydrogen (secondary N) is 3. The van der Waals surface area contributed by atoms with Crippen molar-refractivity contribution in [1.29, 1.82) is 5.26 Å². The third-order valence-electron chi connectivity index (χ3n) is 17.1. The molecule has 0 aliphatic carbocycles. The lowest BCUT2D eigenvalue weighted by molar-refractivity contribution is -0.117. The van der Waals surface area contributed by atoms with Crippen molar-refractivity contribution < 1.29 is 97.6 Å². The van der Waals surface area contributed by atoms with E-state index < -0.39 is 47.6 Å². The summed E-state index contributed by atoms with van der Waals surface area (Å²) in [6.07, 6.45) is 11.6. The van der Waals surface area contributed by atoms with Gasteiger partial charge in [-0.2, -0.15) is 5.26 Å². The minimum atomic E-state index is -1.24. The van der Waals surface area contributed by atoms with Gasteiger partial charge in [-0.1, -0.05) is 141 Å². The lowest BCUT2D eigenvalue weighted by Crippen LogP contribution is -2.16. The third kappa shape index (κ3) is 29.6. The summed E-state index contributed by atoms with van der Waals surface area (Å²) in [6.45, 7) is 6.27. The molecule has 0 radical (unpaired) electrons. The second kappa shape index (κ2) is 46.9. The Morgan fingerprint density at radius 3 is 1.28 bits per heavy atom. The van der Waals surface area contributed by atoms with Crippen LogP contribution in [0, 0.1) is 23.7 Å². The van der Waals surface area contributed by atoms with Crippen LogP contribution < -0.4 is 20.7 Å². The van der Waals surface area contributed by atoms with E-state index in [1.807, 2.05) is 48.5 Å². The molecule has 10 aromatic rings. The SMILES string of the molecule is C#Cc1ccc(C(=O)O)c(C(=O)Nc2ccc(CCCO)cc2)c1.CC(=O)CCc1cccc(NC(=O)c2ccccc2C(=O)O)c1.CC(=O)Cc1cccc(CC(=O)c2ccccc2C(=O)O)c1.CCCCc1ccc(NC(=O)c2ccc(C#N)cc2C(=O)O)cc1.COCCOc1ccc(CC(=O)c2ccccc2C(=O)O)cc1. The number of carbonyl (C=O) groups is 12. The molecular weight excluding hydrogens is 1480 g/mol. The second-order valence-electron chi connectivity index (χ2n) is 25.9. The van der Waals surface area contributed by atoms with Gasteiger partial charge in [-0.15, -0.1) is 6.42 Å². The second-order valence-corrected chi connectivity index (χ2v) is 25.9. The van der Waals surface area contributed by atoms with Crippen molar-refractivity contribution in [2.45, 2.75) is 85.0 Å². The number of anilines is 3. The molecule has 594 valence electrons. The van der Waals surface area contributed by atoms with Gasteiger partial charge in [0.15, 0.2) is 11.6 Å². The number of carbonyl (C=O) groups excluding carboxylic acids is 7. The Bertz CT molecular complexity index is 5250. The lowest BCUT2D eigenvalue weighted by Gasteiger charge is -2.09. The topological polar surface area (TPSA) is 405 Å². The summed E-state index contributed by atoms with van der Waals surface area (Å²) in [6, 6.07) is 64.7. The average Bonchev–Trinajstić information content (AvgIpc) is 0.842.